The molecule has 5 nitrogen and oxygen atoms in total. The summed E-state index contributed by atoms with van der Waals surface area (Å²) in [5, 5.41) is 0. The maximum Gasteiger partial charge on any atom is 0.325 e. The van der Waals surface area contributed by atoms with Crippen LogP contribution in [0.5, 0.6) is 5.75 Å². The van der Waals surface area contributed by atoms with Crippen molar-refractivity contribution in [3.8, 4) is 5.75 Å². The Morgan fingerprint density at radius 1 is 1.30 bits per heavy atom. The van der Waals surface area contributed by atoms with Crippen molar-refractivity contribution in [2.24, 2.45) is 0 Å². The van der Waals surface area contributed by atoms with E-state index in [1.54, 1.807) is 38.4 Å². The van der Waals surface area contributed by atoms with Crippen LogP contribution in [-0.4, -0.2) is 44.1 Å². The molecule has 0 aliphatic rings. The van der Waals surface area contributed by atoms with E-state index in [4.69, 9.17) is 9.47 Å². The van der Waals surface area contributed by atoms with Crippen molar-refractivity contribution >= 4 is 11.9 Å². The van der Waals surface area contributed by atoms with Gasteiger partial charge < -0.3 is 14.4 Å². The summed E-state index contributed by atoms with van der Waals surface area (Å²) in [6.45, 7) is 2.36. The van der Waals surface area contributed by atoms with Crippen molar-refractivity contribution in [1.82, 2.24) is 4.90 Å². The number of hydrogen-bond acceptors (Lipinski definition) is 4. The normalized spacial score (nSPS) is 9.95. The van der Waals surface area contributed by atoms with Crippen LogP contribution in [0.4, 0.5) is 0 Å². The van der Waals surface area contributed by atoms with Crippen molar-refractivity contribution in [3.63, 3.8) is 0 Å². The Morgan fingerprint density at radius 2 is 2.05 bits per heavy atom. The summed E-state index contributed by atoms with van der Waals surface area (Å²) >= 11 is 0. The molecule has 0 aliphatic carbocycles. The predicted molar refractivity (Wildman–Crippen MR) is 75.8 cm³/mol. The van der Waals surface area contributed by atoms with Crippen molar-refractivity contribution in [3.05, 3.63) is 29.8 Å². The number of benzene rings is 1. The van der Waals surface area contributed by atoms with Crippen LogP contribution in [0.2, 0.25) is 0 Å². The minimum absolute atomic E-state index is 0.0558. The van der Waals surface area contributed by atoms with Gasteiger partial charge >= 0.3 is 5.97 Å². The van der Waals surface area contributed by atoms with Crippen LogP contribution < -0.4 is 4.74 Å². The molecule has 5 heteroatoms. The first-order chi connectivity index (χ1) is 9.58. The van der Waals surface area contributed by atoms with Gasteiger partial charge in [-0.1, -0.05) is 19.4 Å². The fourth-order valence-corrected chi connectivity index (χ4v) is 1.62. The molecule has 0 saturated carbocycles. The average Bonchev–Trinajstić information content (AvgIpc) is 2.46. The first-order valence-electron chi connectivity index (χ1n) is 6.63. The van der Waals surface area contributed by atoms with Gasteiger partial charge in [0.1, 0.15) is 12.3 Å². The van der Waals surface area contributed by atoms with E-state index in [2.05, 4.69) is 0 Å². The van der Waals surface area contributed by atoms with Crippen molar-refractivity contribution in [2.45, 2.75) is 19.8 Å². The highest BCUT2D eigenvalue weighted by Gasteiger charge is 2.16. The molecule has 0 atom stereocenters. The number of rotatable bonds is 7. The molecule has 0 fully saturated rings. The van der Waals surface area contributed by atoms with E-state index in [1.807, 2.05) is 6.92 Å². The van der Waals surface area contributed by atoms with Gasteiger partial charge in [-0.3, -0.25) is 9.59 Å². The quantitative estimate of drug-likeness (QED) is 0.566. The second kappa shape index (κ2) is 8.19. The van der Waals surface area contributed by atoms with Gasteiger partial charge in [0.15, 0.2) is 0 Å². The zero-order valence-corrected chi connectivity index (χ0v) is 12.2. The molecule has 0 N–H and O–H groups in total. The predicted octanol–water partition coefficient (Wildman–Crippen LogP) is 2.11. The van der Waals surface area contributed by atoms with Gasteiger partial charge in [0.05, 0.1) is 13.7 Å². The van der Waals surface area contributed by atoms with E-state index < -0.39 is 5.97 Å². The third-order valence-electron chi connectivity index (χ3n) is 2.79. The summed E-state index contributed by atoms with van der Waals surface area (Å²) in [7, 11) is 3.11. The second-order valence-electron chi connectivity index (χ2n) is 4.47. The highest BCUT2D eigenvalue weighted by molar-refractivity contribution is 5.96. The van der Waals surface area contributed by atoms with Crippen LogP contribution in [0.25, 0.3) is 0 Å². The van der Waals surface area contributed by atoms with Crippen LogP contribution in [0.3, 0.4) is 0 Å². The molecule has 0 radical (unpaired) electrons. The molecule has 110 valence electrons. The highest BCUT2D eigenvalue weighted by atomic mass is 16.5. The van der Waals surface area contributed by atoms with Crippen molar-refractivity contribution in [1.29, 1.82) is 0 Å². The number of unbranched alkanes of at least 4 members (excludes halogenated alkanes) is 1. The van der Waals surface area contributed by atoms with Gasteiger partial charge in [-0.05, 0) is 24.6 Å². The Kier molecular flexibility index (Phi) is 6.56. The van der Waals surface area contributed by atoms with E-state index in [0.717, 1.165) is 12.8 Å². The summed E-state index contributed by atoms with van der Waals surface area (Å²) in [4.78, 5) is 25.0. The first-order valence-corrected chi connectivity index (χ1v) is 6.63. The SMILES string of the molecule is CCCCOC(=O)CN(C)C(=O)c1cccc(OC)c1. The van der Waals surface area contributed by atoms with Gasteiger partial charge in [-0.2, -0.15) is 0 Å². The van der Waals surface area contributed by atoms with E-state index in [-0.39, 0.29) is 12.5 Å². The number of amides is 1. The molecule has 20 heavy (non-hydrogen) atoms. The third-order valence-corrected chi connectivity index (χ3v) is 2.79. The largest absolute Gasteiger partial charge is 0.497 e. The molecule has 0 bridgehead atoms. The van der Waals surface area contributed by atoms with Crippen LogP contribution >= 0.6 is 0 Å². The van der Waals surface area contributed by atoms with Crippen LogP contribution in [-0.2, 0) is 9.53 Å². The molecule has 0 spiro atoms. The summed E-state index contributed by atoms with van der Waals surface area (Å²) in [6, 6.07) is 6.82. The summed E-state index contributed by atoms with van der Waals surface area (Å²) in [5.74, 6) is -0.0247. The highest BCUT2D eigenvalue weighted by Crippen LogP contribution is 2.13. The molecule has 0 unspecified atom stereocenters. The maximum atomic E-state index is 12.1. The summed E-state index contributed by atoms with van der Waals surface area (Å²) in [5.41, 5.74) is 0.480. The number of hydrogen-bond donors (Lipinski definition) is 0. The van der Waals surface area contributed by atoms with E-state index in [0.29, 0.717) is 17.9 Å². The molecule has 0 heterocycles. The molecule has 0 saturated heterocycles. The minimum atomic E-state index is -0.391. The Morgan fingerprint density at radius 3 is 2.70 bits per heavy atom. The third kappa shape index (κ3) is 4.91. The van der Waals surface area contributed by atoms with Gasteiger partial charge in [-0.15, -0.1) is 0 Å². The second-order valence-corrected chi connectivity index (χ2v) is 4.47. The monoisotopic (exact) mass is 279 g/mol. The van der Waals surface area contributed by atoms with Gasteiger partial charge in [0, 0.05) is 12.6 Å². The first kappa shape index (κ1) is 16.0. The van der Waals surface area contributed by atoms with Crippen LogP contribution in [0, 0.1) is 0 Å². The van der Waals surface area contributed by atoms with E-state index in [9.17, 15) is 9.59 Å². The Hall–Kier alpha value is -2.04. The number of esters is 1. The molecular formula is C15H21NO4. The van der Waals surface area contributed by atoms with Crippen LogP contribution in [0.1, 0.15) is 30.1 Å². The summed E-state index contributed by atoms with van der Waals surface area (Å²) in [6.07, 6.45) is 1.80. The number of ether oxygens (including phenoxy) is 2. The number of methoxy groups -OCH3 is 1. The van der Waals surface area contributed by atoms with Crippen molar-refractivity contribution in [2.75, 3.05) is 27.3 Å². The molecule has 1 aromatic carbocycles. The smallest absolute Gasteiger partial charge is 0.325 e. The van der Waals surface area contributed by atoms with Gasteiger partial charge in [-0.25, -0.2) is 0 Å². The van der Waals surface area contributed by atoms with Crippen molar-refractivity contribution < 1.29 is 19.1 Å². The topological polar surface area (TPSA) is 55.8 Å². The minimum Gasteiger partial charge on any atom is -0.497 e. The Bertz CT molecular complexity index is 459. The number of nitrogens with zero attached hydrogens (tertiary/aromatic N) is 1. The standard InChI is InChI=1S/C15H21NO4/c1-4-5-9-20-14(17)11-16(2)15(18)12-7-6-8-13(10-12)19-3/h6-8,10H,4-5,9,11H2,1-3H3. The lowest BCUT2D eigenvalue weighted by Crippen LogP contribution is -2.33. The average molecular weight is 279 g/mol. The molecular weight excluding hydrogens is 258 g/mol. The molecule has 1 aromatic rings. The number of likely N-dealkylation sites (N-methyl/N-ethyl adjacent to an activating group) is 1. The zero-order chi connectivity index (χ0) is 15.0. The molecule has 0 aromatic heterocycles. The van der Waals surface area contributed by atoms with E-state index >= 15 is 0 Å². The Balaban J connectivity index is 2.55. The lowest BCUT2D eigenvalue weighted by molar-refractivity contribution is -0.144. The molecule has 1 rings (SSSR count). The number of carbonyl (C=O) groups excluding carboxylic acids is 2. The lowest BCUT2D eigenvalue weighted by Gasteiger charge is -2.16. The van der Waals surface area contributed by atoms with Gasteiger partial charge in [0.2, 0.25) is 0 Å². The summed E-state index contributed by atoms with van der Waals surface area (Å²) < 4.78 is 10.1. The fraction of sp³-hybridized carbons (Fsp3) is 0.467. The Labute approximate surface area is 119 Å². The fourth-order valence-electron chi connectivity index (χ4n) is 1.62. The lowest BCUT2D eigenvalue weighted by atomic mass is 10.2. The van der Waals surface area contributed by atoms with Gasteiger partial charge in [0.25, 0.3) is 5.91 Å². The molecule has 0 aliphatic heterocycles. The zero-order valence-electron chi connectivity index (χ0n) is 12.2. The maximum absolute atomic E-state index is 12.1. The van der Waals surface area contributed by atoms with Crippen LogP contribution in [0.15, 0.2) is 24.3 Å². The molecule has 1 amide bonds. The number of carbonyl (C=O) groups is 2. The van der Waals surface area contributed by atoms with E-state index in [1.165, 1.54) is 4.90 Å².